The second-order valence-electron chi connectivity index (χ2n) is 6.76. The Morgan fingerprint density at radius 3 is 2.71 bits per heavy atom. The molecule has 1 aliphatic rings. The van der Waals surface area contributed by atoms with Crippen LogP contribution in [-0.4, -0.2) is 43.9 Å². The number of aromatic nitrogens is 4. The van der Waals surface area contributed by atoms with Crippen LogP contribution < -0.4 is 11.2 Å². The Bertz CT molecular complexity index is 1090. The molecule has 0 N–H and O–H groups in total. The van der Waals surface area contributed by atoms with Gasteiger partial charge in [0.15, 0.2) is 0 Å². The van der Waals surface area contributed by atoms with Gasteiger partial charge in [-0.05, 0) is 0 Å². The van der Waals surface area contributed by atoms with E-state index in [0.717, 1.165) is 10.1 Å². The van der Waals surface area contributed by atoms with E-state index in [4.69, 9.17) is 9.26 Å². The van der Waals surface area contributed by atoms with Crippen LogP contribution in [0.2, 0.25) is 0 Å². The molecule has 1 unspecified atom stereocenters. The number of ether oxygens (including phenoxy) is 1. The minimum atomic E-state index is -0.350. The van der Waals surface area contributed by atoms with Crippen LogP contribution in [0.3, 0.4) is 0 Å². The Morgan fingerprint density at radius 1 is 1.14 bits per heavy atom. The molecule has 1 atom stereocenters. The normalized spacial score (nSPS) is 17.7. The highest BCUT2D eigenvalue weighted by Gasteiger charge is 2.30. The largest absolute Gasteiger partial charge is 0.378 e. The highest BCUT2D eigenvalue weighted by atomic mass is 16.5. The van der Waals surface area contributed by atoms with Crippen molar-refractivity contribution in [2.24, 2.45) is 14.1 Å². The van der Waals surface area contributed by atoms with E-state index in [-0.39, 0.29) is 17.3 Å². The van der Waals surface area contributed by atoms with Crippen molar-refractivity contribution < 1.29 is 9.26 Å². The monoisotopic (exact) mass is 383 g/mol. The van der Waals surface area contributed by atoms with Crippen LogP contribution in [0.5, 0.6) is 0 Å². The number of rotatable bonds is 4. The second-order valence-corrected chi connectivity index (χ2v) is 6.76. The summed E-state index contributed by atoms with van der Waals surface area (Å²) in [4.78, 5) is 30.9. The maximum absolute atomic E-state index is 12.2. The SMILES string of the molecule is Cn1c(CN2CCOCC2c2nc(-c3ccccc3)no2)cc(=O)n(C)c1=O. The number of benzene rings is 1. The van der Waals surface area contributed by atoms with Gasteiger partial charge in [0, 0.05) is 44.5 Å². The summed E-state index contributed by atoms with van der Waals surface area (Å²) in [7, 11) is 3.13. The molecule has 4 rings (SSSR count). The van der Waals surface area contributed by atoms with Gasteiger partial charge in [-0.2, -0.15) is 4.98 Å². The van der Waals surface area contributed by atoms with Crippen molar-refractivity contribution in [2.45, 2.75) is 12.6 Å². The average molecular weight is 383 g/mol. The molecule has 1 fully saturated rings. The Kier molecular flexibility index (Phi) is 4.93. The summed E-state index contributed by atoms with van der Waals surface area (Å²) in [6.07, 6.45) is 0. The summed E-state index contributed by atoms with van der Waals surface area (Å²) >= 11 is 0. The fourth-order valence-corrected chi connectivity index (χ4v) is 3.27. The highest BCUT2D eigenvalue weighted by molar-refractivity contribution is 5.53. The molecule has 9 heteroatoms. The first-order valence-corrected chi connectivity index (χ1v) is 9.01. The predicted molar refractivity (Wildman–Crippen MR) is 101 cm³/mol. The van der Waals surface area contributed by atoms with Crippen LogP contribution in [0.1, 0.15) is 17.6 Å². The van der Waals surface area contributed by atoms with Crippen molar-refractivity contribution in [2.75, 3.05) is 19.8 Å². The molecule has 0 radical (unpaired) electrons. The molecule has 0 bridgehead atoms. The molecule has 3 aromatic rings. The van der Waals surface area contributed by atoms with Gasteiger partial charge in [0.25, 0.3) is 5.56 Å². The summed E-state index contributed by atoms with van der Waals surface area (Å²) in [5, 5.41) is 4.08. The lowest BCUT2D eigenvalue weighted by Gasteiger charge is -2.33. The van der Waals surface area contributed by atoms with E-state index in [2.05, 4.69) is 15.0 Å². The van der Waals surface area contributed by atoms with Gasteiger partial charge in [0.05, 0.1) is 13.2 Å². The first-order valence-electron chi connectivity index (χ1n) is 9.01. The van der Waals surface area contributed by atoms with E-state index in [9.17, 15) is 9.59 Å². The van der Waals surface area contributed by atoms with E-state index >= 15 is 0 Å². The molecule has 1 saturated heterocycles. The predicted octanol–water partition coefficient (Wildman–Crippen LogP) is 0.708. The molecule has 1 aliphatic heterocycles. The van der Waals surface area contributed by atoms with E-state index in [1.165, 1.54) is 17.7 Å². The fraction of sp³-hybridized carbons (Fsp3) is 0.368. The molecule has 0 amide bonds. The number of nitrogens with zero attached hydrogens (tertiary/aromatic N) is 5. The third kappa shape index (κ3) is 3.41. The van der Waals surface area contributed by atoms with Crippen molar-refractivity contribution in [1.82, 2.24) is 24.2 Å². The number of hydrogen-bond donors (Lipinski definition) is 0. The van der Waals surface area contributed by atoms with Crippen molar-refractivity contribution in [1.29, 1.82) is 0 Å². The van der Waals surface area contributed by atoms with Crippen molar-refractivity contribution in [3.63, 3.8) is 0 Å². The Hall–Kier alpha value is -3.04. The molecule has 0 aliphatic carbocycles. The van der Waals surface area contributed by atoms with Crippen LogP contribution in [0.25, 0.3) is 11.4 Å². The summed E-state index contributed by atoms with van der Waals surface area (Å²) in [5.41, 5.74) is 0.820. The van der Waals surface area contributed by atoms with Gasteiger partial charge >= 0.3 is 5.69 Å². The minimum absolute atomic E-state index is 0.252. The van der Waals surface area contributed by atoms with Gasteiger partial charge in [0.1, 0.15) is 6.04 Å². The first-order chi connectivity index (χ1) is 13.5. The average Bonchev–Trinajstić information content (AvgIpc) is 3.21. The topological polar surface area (TPSA) is 95.4 Å². The van der Waals surface area contributed by atoms with Crippen LogP contribution >= 0.6 is 0 Å². The Labute approximate surface area is 160 Å². The molecule has 146 valence electrons. The van der Waals surface area contributed by atoms with E-state index in [0.29, 0.717) is 43.7 Å². The lowest BCUT2D eigenvalue weighted by atomic mass is 10.2. The molecule has 0 spiro atoms. The smallest absolute Gasteiger partial charge is 0.330 e. The third-order valence-electron chi connectivity index (χ3n) is 4.99. The zero-order chi connectivity index (χ0) is 19.7. The van der Waals surface area contributed by atoms with Gasteiger partial charge in [0.2, 0.25) is 11.7 Å². The standard InChI is InChI=1S/C19H21N5O4/c1-22-14(10-16(25)23(2)19(22)26)11-24-8-9-27-12-15(24)18-20-17(21-28-18)13-6-4-3-5-7-13/h3-7,10,15H,8-9,11-12H2,1-2H3. The highest BCUT2D eigenvalue weighted by Crippen LogP contribution is 2.26. The zero-order valence-electron chi connectivity index (χ0n) is 15.7. The molecule has 28 heavy (non-hydrogen) atoms. The molecule has 0 saturated carbocycles. The third-order valence-corrected chi connectivity index (χ3v) is 4.99. The van der Waals surface area contributed by atoms with Crippen LogP contribution in [-0.2, 0) is 25.4 Å². The molecular weight excluding hydrogens is 362 g/mol. The Balaban J connectivity index is 1.62. The zero-order valence-corrected chi connectivity index (χ0v) is 15.7. The minimum Gasteiger partial charge on any atom is -0.378 e. The van der Waals surface area contributed by atoms with Gasteiger partial charge in [-0.3, -0.25) is 18.8 Å². The second kappa shape index (κ2) is 7.53. The first kappa shape index (κ1) is 18.3. The fourth-order valence-electron chi connectivity index (χ4n) is 3.27. The molecule has 2 aromatic heterocycles. The summed E-state index contributed by atoms with van der Waals surface area (Å²) in [6, 6.07) is 10.8. The quantitative estimate of drug-likeness (QED) is 0.655. The number of hydrogen-bond acceptors (Lipinski definition) is 7. The van der Waals surface area contributed by atoms with E-state index in [1.54, 1.807) is 7.05 Å². The Morgan fingerprint density at radius 2 is 1.93 bits per heavy atom. The maximum atomic E-state index is 12.2. The molecular formula is C19H21N5O4. The van der Waals surface area contributed by atoms with Gasteiger partial charge < -0.3 is 9.26 Å². The maximum Gasteiger partial charge on any atom is 0.330 e. The summed E-state index contributed by atoms with van der Waals surface area (Å²) in [6.45, 7) is 1.97. The van der Waals surface area contributed by atoms with Gasteiger partial charge in [-0.1, -0.05) is 35.5 Å². The van der Waals surface area contributed by atoms with Crippen LogP contribution in [0.15, 0.2) is 50.5 Å². The van der Waals surface area contributed by atoms with Crippen LogP contribution in [0, 0.1) is 0 Å². The van der Waals surface area contributed by atoms with Gasteiger partial charge in [-0.15, -0.1) is 0 Å². The van der Waals surface area contributed by atoms with Crippen molar-refractivity contribution >= 4 is 0 Å². The van der Waals surface area contributed by atoms with E-state index in [1.807, 2.05) is 30.3 Å². The van der Waals surface area contributed by atoms with Crippen LogP contribution in [0.4, 0.5) is 0 Å². The van der Waals surface area contributed by atoms with Crippen molar-refractivity contribution in [3.8, 4) is 11.4 Å². The molecule has 3 heterocycles. The van der Waals surface area contributed by atoms with Gasteiger partial charge in [-0.25, -0.2) is 4.79 Å². The molecule has 1 aromatic carbocycles. The number of morpholine rings is 1. The van der Waals surface area contributed by atoms with Crippen molar-refractivity contribution in [3.05, 3.63) is 68.8 Å². The summed E-state index contributed by atoms with van der Waals surface area (Å²) in [5.74, 6) is 0.967. The lowest BCUT2D eigenvalue weighted by molar-refractivity contribution is -0.0251. The summed E-state index contributed by atoms with van der Waals surface area (Å²) < 4.78 is 13.7. The van der Waals surface area contributed by atoms with E-state index < -0.39 is 0 Å². The lowest BCUT2D eigenvalue weighted by Crippen LogP contribution is -2.43. The molecule has 9 nitrogen and oxygen atoms in total.